The molecule has 2 rings (SSSR count). The number of carbonyl (C=O) groups is 2. The SMILES string of the molecule is CCOC(=O)OC(C)OC(=O)c1ccccc1Nc1cccc(C(F)(F)F)c1. The molecule has 0 spiro atoms. The van der Waals surface area contributed by atoms with Crippen molar-refractivity contribution in [2.75, 3.05) is 11.9 Å². The van der Waals surface area contributed by atoms with Gasteiger partial charge in [-0.05, 0) is 37.3 Å². The number of nitrogens with one attached hydrogen (secondary N) is 1. The van der Waals surface area contributed by atoms with E-state index in [2.05, 4.69) is 10.1 Å². The maximum Gasteiger partial charge on any atom is 0.511 e. The van der Waals surface area contributed by atoms with Gasteiger partial charge in [0.15, 0.2) is 0 Å². The Balaban J connectivity index is 2.14. The molecule has 0 heterocycles. The number of hydrogen-bond acceptors (Lipinski definition) is 6. The van der Waals surface area contributed by atoms with E-state index in [0.717, 1.165) is 12.1 Å². The van der Waals surface area contributed by atoms with Crippen molar-refractivity contribution in [1.82, 2.24) is 0 Å². The lowest BCUT2D eigenvalue weighted by Gasteiger charge is -2.16. The summed E-state index contributed by atoms with van der Waals surface area (Å²) in [6.45, 7) is 3.02. The first-order valence-corrected chi connectivity index (χ1v) is 8.28. The van der Waals surface area contributed by atoms with E-state index in [4.69, 9.17) is 9.47 Å². The fraction of sp³-hybridized carbons (Fsp3) is 0.263. The van der Waals surface area contributed by atoms with Crippen LogP contribution in [0.5, 0.6) is 0 Å². The molecule has 0 aliphatic heterocycles. The first-order chi connectivity index (χ1) is 13.2. The van der Waals surface area contributed by atoms with Crippen LogP contribution in [0.4, 0.5) is 29.3 Å². The summed E-state index contributed by atoms with van der Waals surface area (Å²) in [6, 6.07) is 10.7. The molecule has 0 aliphatic carbocycles. The van der Waals surface area contributed by atoms with Crippen LogP contribution in [0, 0.1) is 0 Å². The van der Waals surface area contributed by atoms with Crippen molar-refractivity contribution in [1.29, 1.82) is 0 Å². The van der Waals surface area contributed by atoms with Crippen molar-refractivity contribution >= 4 is 23.5 Å². The Hall–Kier alpha value is -3.23. The van der Waals surface area contributed by atoms with Crippen LogP contribution in [0.15, 0.2) is 48.5 Å². The van der Waals surface area contributed by atoms with Crippen molar-refractivity contribution in [3.05, 3.63) is 59.7 Å². The Morgan fingerprint density at radius 3 is 2.46 bits per heavy atom. The Morgan fingerprint density at radius 2 is 1.79 bits per heavy atom. The van der Waals surface area contributed by atoms with Gasteiger partial charge in [-0.1, -0.05) is 18.2 Å². The first-order valence-electron chi connectivity index (χ1n) is 8.28. The minimum absolute atomic E-state index is 0.0548. The fourth-order valence-electron chi connectivity index (χ4n) is 2.22. The number of carbonyl (C=O) groups excluding carboxylic acids is 2. The van der Waals surface area contributed by atoms with Crippen molar-refractivity contribution in [2.24, 2.45) is 0 Å². The molecule has 1 unspecified atom stereocenters. The van der Waals surface area contributed by atoms with Gasteiger partial charge in [0.2, 0.25) is 6.29 Å². The summed E-state index contributed by atoms with van der Waals surface area (Å²) in [7, 11) is 0. The smallest absolute Gasteiger partial charge is 0.435 e. The number of alkyl halides is 3. The number of anilines is 2. The molecule has 1 N–H and O–H groups in total. The lowest BCUT2D eigenvalue weighted by molar-refractivity contribution is -0.137. The van der Waals surface area contributed by atoms with E-state index in [0.29, 0.717) is 0 Å². The molecule has 0 saturated carbocycles. The Labute approximate surface area is 159 Å². The molecule has 0 aromatic heterocycles. The summed E-state index contributed by atoms with van der Waals surface area (Å²) in [5.74, 6) is -0.827. The topological polar surface area (TPSA) is 73.9 Å². The summed E-state index contributed by atoms with van der Waals surface area (Å²) >= 11 is 0. The van der Waals surface area contributed by atoms with E-state index in [1.165, 1.54) is 31.2 Å². The third kappa shape index (κ3) is 5.90. The molecule has 0 aliphatic rings. The molecule has 2 aromatic carbocycles. The van der Waals surface area contributed by atoms with E-state index in [1.807, 2.05) is 0 Å². The minimum Gasteiger partial charge on any atom is -0.435 e. The molecule has 6 nitrogen and oxygen atoms in total. The molecule has 28 heavy (non-hydrogen) atoms. The van der Waals surface area contributed by atoms with Gasteiger partial charge in [-0.2, -0.15) is 13.2 Å². The number of para-hydroxylation sites is 1. The monoisotopic (exact) mass is 397 g/mol. The van der Waals surface area contributed by atoms with Gasteiger partial charge in [-0.3, -0.25) is 0 Å². The summed E-state index contributed by atoms with van der Waals surface area (Å²) < 4.78 is 52.9. The lowest BCUT2D eigenvalue weighted by Crippen LogP contribution is -2.22. The van der Waals surface area contributed by atoms with E-state index >= 15 is 0 Å². The van der Waals surface area contributed by atoms with Crippen LogP contribution in [-0.4, -0.2) is 25.0 Å². The van der Waals surface area contributed by atoms with Crippen LogP contribution >= 0.6 is 0 Å². The molecule has 0 bridgehead atoms. The van der Waals surface area contributed by atoms with Crippen LogP contribution < -0.4 is 5.32 Å². The van der Waals surface area contributed by atoms with Gasteiger partial charge in [0.1, 0.15) is 0 Å². The van der Waals surface area contributed by atoms with Gasteiger partial charge in [-0.15, -0.1) is 0 Å². The van der Waals surface area contributed by atoms with Gasteiger partial charge >= 0.3 is 18.3 Å². The highest BCUT2D eigenvalue weighted by atomic mass is 19.4. The number of ether oxygens (including phenoxy) is 3. The molecule has 150 valence electrons. The summed E-state index contributed by atoms with van der Waals surface area (Å²) in [5.41, 5.74) is -0.394. The Morgan fingerprint density at radius 1 is 1.07 bits per heavy atom. The maximum absolute atomic E-state index is 12.9. The number of halogens is 3. The number of esters is 1. The number of hydrogen-bond donors (Lipinski definition) is 1. The predicted molar refractivity (Wildman–Crippen MR) is 94.2 cm³/mol. The molecule has 0 saturated heterocycles. The lowest BCUT2D eigenvalue weighted by atomic mass is 10.1. The second kappa shape index (κ2) is 9.12. The average molecular weight is 397 g/mol. The molecule has 9 heteroatoms. The Bertz CT molecular complexity index is 838. The van der Waals surface area contributed by atoms with Crippen molar-refractivity contribution in [2.45, 2.75) is 26.3 Å². The number of benzene rings is 2. The molecule has 0 amide bonds. The quantitative estimate of drug-likeness (QED) is 0.538. The summed E-state index contributed by atoms with van der Waals surface area (Å²) in [5, 5.41) is 2.77. The maximum atomic E-state index is 12.9. The zero-order valence-electron chi connectivity index (χ0n) is 15.1. The standard InChI is InChI=1S/C19H18F3NO5/c1-3-26-18(25)28-12(2)27-17(24)15-9-4-5-10-16(15)23-14-8-6-7-13(11-14)19(20,21)22/h4-12,23H,3H2,1-2H3. The van der Waals surface area contributed by atoms with Crippen molar-refractivity contribution in [3.63, 3.8) is 0 Å². The highest BCUT2D eigenvalue weighted by molar-refractivity contribution is 5.96. The van der Waals surface area contributed by atoms with Crippen molar-refractivity contribution in [3.8, 4) is 0 Å². The molecule has 1 atom stereocenters. The highest BCUT2D eigenvalue weighted by Gasteiger charge is 2.30. The van der Waals surface area contributed by atoms with Crippen LogP contribution in [0.2, 0.25) is 0 Å². The van der Waals surface area contributed by atoms with Gasteiger partial charge in [-0.25, -0.2) is 9.59 Å². The van der Waals surface area contributed by atoms with Crippen LogP contribution in [0.1, 0.15) is 29.8 Å². The summed E-state index contributed by atoms with van der Waals surface area (Å²) in [4.78, 5) is 23.6. The zero-order valence-corrected chi connectivity index (χ0v) is 15.1. The van der Waals surface area contributed by atoms with Gasteiger partial charge in [0, 0.05) is 12.6 Å². The summed E-state index contributed by atoms with van der Waals surface area (Å²) in [6.07, 6.45) is -6.69. The van der Waals surface area contributed by atoms with E-state index in [-0.39, 0.29) is 23.5 Å². The number of rotatable bonds is 6. The molecular formula is C19H18F3NO5. The van der Waals surface area contributed by atoms with E-state index in [1.54, 1.807) is 19.1 Å². The second-order valence-electron chi connectivity index (χ2n) is 5.52. The van der Waals surface area contributed by atoms with Crippen LogP contribution in [0.3, 0.4) is 0 Å². The minimum atomic E-state index is -4.49. The Kier molecular flexibility index (Phi) is 6.86. The zero-order chi connectivity index (χ0) is 20.7. The first kappa shape index (κ1) is 21.1. The third-order valence-electron chi connectivity index (χ3n) is 3.41. The van der Waals surface area contributed by atoms with Crippen LogP contribution in [-0.2, 0) is 20.4 Å². The highest BCUT2D eigenvalue weighted by Crippen LogP contribution is 2.32. The fourth-order valence-corrected chi connectivity index (χ4v) is 2.22. The van der Waals surface area contributed by atoms with Gasteiger partial charge in [0.25, 0.3) is 0 Å². The molecule has 0 radical (unpaired) electrons. The molecule has 2 aromatic rings. The van der Waals surface area contributed by atoms with Crippen LogP contribution in [0.25, 0.3) is 0 Å². The molecule has 0 fully saturated rings. The average Bonchev–Trinajstić information content (AvgIpc) is 2.61. The molecular weight excluding hydrogens is 379 g/mol. The third-order valence-corrected chi connectivity index (χ3v) is 3.41. The van der Waals surface area contributed by atoms with E-state index in [9.17, 15) is 22.8 Å². The van der Waals surface area contributed by atoms with Gasteiger partial charge in [0.05, 0.1) is 23.4 Å². The van der Waals surface area contributed by atoms with Gasteiger partial charge < -0.3 is 19.5 Å². The predicted octanol–water partition coefficient (Wildman–Crippen LogP) is 5.12. The largest absolute Gasteiger partial charge is 0.511 e. The normalized spacial score (nSPS) is 12.0. The van der Waals surface area contributed by atoms with E-state index < -0.39 is 30.2 Å². The second-order valence-corrected chi connectivity index (χ2v) is 5.52. The van der Waals surface area contributed by atoms with Crippen molar-refractivity contribution < 1.29 is 37.0 Å².